The second-order valence-corrected chi connectivity index (χ2v) is 2.13. The van der Waals surface area contributed by atoms with E-state index in [-0.39, 0.29) is 18.5 Å². The van der Waals surface area contributed by atoms with E-state index in [4.69, 9.17) is 9.84 Å². The first-order chi connectivity index (χ1) is 4.34. The molecule has 9 heavy (non-hydrogen) atoms. The topological polar surface area (TPSA) is 46.5 Å². The van der Waals surface area contributed by atoms with Gasteiger partial charge in [0, 0.05) is 6.61 Å². The van der Waals surface area contributed by atoms with Crippen LogP contribution in [-0.2, 0) is 9.53 Å². The summed E-state index contributed by atoms with van der Waals surface area (Å²) in [5.74, 6) is -0.187. The summed E-state index contributed by atoms with van der Waals surface area (Å²) in [6.45, 7) is 0.279. The summed E-state index contributed by atoms with van der Waals surface area (Å²) in [4.78, 5) is 10.6. The SMILES string of the molecule is O=C(CO)C1CCCO1. The Morgan fingerprint density at radius 3 is 3.00 bits per heavy atom. The van der Waals surface area contributed by atoms with Crippen LogP contribution in [0.4, 0.5) is 0 Å². The fourth-order valence-electron chi connectivity index (χ4n) is 0.933. The Balaban J connectivity index is 2.32. The van der Waals surface area contributed by atoms with E-state index < -0.39 is 0 Å². The number of aliphatic hydroxyl groups excluding tert-OH is 1. The van der Waals surface area contributed by atoms with E-state index in [1.807, 2.05) is 0 Å². The predicted octanol–water partition coefficient (Wildman–Crippen LogP) is -0.273. The molecule has 1 rings (SSSR count). The number of hydrogen-bond donors (Lipinski definition) is 1. The van der Waals surface area contributed by atoms with Gasteiger partial charge < -0.3 is 9.84 Å². The number of hydrogen-bond acceptors (Lipinski definition) is 3. The number of ketones is 1. The Bertz CT molecular complexity index is 105. The maximum absolute atomic E-state index is 10.6. The molecule has 0 spiro atoms. The number of ether oxygens (including phenoxy) is 1. The van der Waals surface area contributed by atoms with Crippen molar-refractivity contribution in [2.45, 2.75) is 18.9 Å². The molecule has 52 valence electrons. The third kappa shape index (κ3) is 1.50. The highest BCUT2D eigenvalue weighted by Crippen LogP contribution is 2.11. The van der Waals surface area contributed by atoms with Crippen LogP contribution >= 0.6 is 0 Å². The third-order valence-electron chi connectivity index (χ3n) is 1.44. The third-order valence-corrected chi connectivity index (χ3v) is 1.44. The van der Waals surface area contributed by atoms with Gasteiger partial charge in [-0.1, -0.05) is 0 Å². The summed E-state index contributed by atoms with van der Waals surface area (Å²) in [7, 11) is 0. The van der Waals surface area contributed by atoms with Crippen LogP contribution in [0.5, 0.6) is 0 Å². The van der Waals surface area contributed by atoms with Gasteiger partial charge in [-0.15, -0.1) is 0 Å². The largest absolute Gasteiger partial charge is 0.388 e. The highest BCUT2D eigenvalue weighted by molar-refractivity contribution is 5.84. The summed E-state index contributed by atoms with van der Waals surface area (Å²) < 4.78 is 5.00. The zero-order valence-electron chi connectivity index (χ0n) is 5.17. The zero-order chi connectivity index (χ0) is 6.69. The fourth-order valence-corrected chi connectivity index (χ4v) is 0.933. The van der Waals surface area contributed by atoms with Crippen molar-refractivity contribution in [1.82, 2.24) is 0 Å². The number of rotatable bonds is 2. The van der Waals surface area contributed by atoms with Crippen LogP contribution in [0.1, 0.15) is 12.8 Å². The normalized spacial score (nSPS) is 26.6. The molecule has 0 aromatic carbocycles. The van der Waals surface area contributed by atoms with Gasteiger partial charge in [-0.3, -0.25) is 4.79 Å². The Hall–Kier alpha value is -0.410. The number of carbonyl (C=O) groups excluding carboxylic acids is 1. The van der Waals surface area contributed by atoms with Gasteiger partial charge in [0.1, 0.15) is 12.7 Å². The fraction of sp³-hybridized carbons (Fsp3) is 0.833. The molecular formula is C6H10O3. The second-order valence-electron chi connectivity index (χ2n) is 2.13. The highest BCUT2D eigenvalue weighted by Gasteiger charge is 2.21. The molecule has 1 unspecified atom stereocenters. The van der Waals surface area contributed by atoms with E-state index in [2.05, 4.69) is 0 Å². The number of carbonyl (C=O) groups is 1. The van der Waals surface area contributed by atoms with Crippen molar-refractivity contribution in [2.24, 2.45) is 0 Å². The van der Waals surface area contributed by atoms with Crippen molar-refractivity contribution in [3.05, 3.63) is 0 Å². The van der Waals surface area contributed by atoms with E-state index in [0.717, 1.165) is 12.8 Å². The Kier molecular flexibility index (Phi) is 2.19. The first kappa shape index (κ1) is 6.71. The molecule has 1 aliphatic rings. The van der Waals surface area contributed by atoms with Crippen LogP contribution in [0.25, 0.3) is 0 Å². The molecule has 0 bridgehead atoms. The molecule has 0 amide bonds. The van der Waals surface area contributed by atoms with Crippen LogP contribution in [0.2, 0.25) is 0 Å². The molecule has 0 radical (unpaired) electrons. The van der Waals surface area contributed by atoms with Gasteiger partial charge in [-0.2, -0.15) is 0 Å². The quantitative estimate of drug-likeness (QED) is 0.559. The van der Waals surface area contributed by atoms with E-state index in [0.29, 0.717) is 6.61 Å². The summed E-state index contributed by atoms with van der Waals surface area (Å²) in [5.41, 5.74) is 0. The smallest absolute Gasteiger partial charge is 0.186 e. The van der Waals surface area contributed by atoms with E-state index in [1.165, 1.54) is 0 Å². The van der Waals surface area contributed by atoms with Crippen molar-refractivity contribution < 1.29 is 14.6 Å². The first-order valence-corrected chi connectivity index (χ1v) is 3.10. The Morgan fingerprint density at radius 2 is 2.56 bits per heavy atom. The van der Waals surface area contributed by atoms with E-state index in [9.17, 15) is 4.79 Å². The summed E-state index contributed by atoms with van der Waals surface area (Å²) >= 11 is 0. The molecule has 0 aliphatic carbocycles. The molecule has 1 N–H and O–H groups in total. The lowest BCUT2D eigenvalue weighted by atomic mass is 10.2. The molecule has 3 nitrogen and oxygen atoms in total. The molecule has 1 aliphatic heterocycles. The first-order valence-electron chi connectivity index (χ1n) is 3.10. The highest BCUT2D eigenvalue weighted by atomic mass is 16.5. The Labute approximate surface area is 53.6 Å². The summed E-state index contributed by atoms with van der Waals surface area (Å²) in [6.07, 6.45) is 1.41. The van der Waals surface area contributed by atoms with Crippen molar-refractivity contribution in [1.29, 1.82) is 0 Å². The second kappa shape index (κ2) is 2.94. The molecule has 3 heteroatoms. The average Bonchev–Trinajstić information content (AvgIpc) is 2.37. The van der Waals surface area contributed by atoms with Gasteiger partial charge in [0.05, 0.1) is 0 Å². The van der Waals surface area contributed by atoms with Crippen molar-refractivity contribution in [2.75, 3.05) is 13.2 Å². The monoisotopic (exact) mass is 130 g/mol. The van der Waals surface area contributed by atoms with Crippen molar-refractivity contribution in [3.8, 4) is 0 Å². The van der Waals surface area contributed by atoms with E-state index >= 15 is 0 Å². The molecule has 0 aromatic heterocycles. The number of Topliss-reactive ketones (excluding diaryl/α,β-unsaturated/α-hetero) is 1. The molecule has 0 saturated carbocycles. The van der Waals surface area contributed by atoms with Crippen molar-refractivity contribution in [3.63, 3.8) is 0 Å². The van der Waals surface area contributed by atoms with Crippen LogP contribution in [0, 0.1) is 0 Å². The van der Waals surface area contributed by atoms with E-state index in [1.54, 1.807) is 0 Å². The zero-order valence-corrected chi connectivity index (χ0v) is 5.17. The molecule has 0 aromatic rings. The van der Waals surface area contributed by atoms with Gasteiger partial charge in [-0.05, 0) is 12.8 Å². The lowest BCUT2D eigenvalue weighted by Crippen LogP contribution is -2.22. The predicted molar refractivity (Wildman–Crippen MR) is 31.1 cm³/mol. The maximum atomic E-state index is 10.6. The van der Waals surface area contributed by atoms with Crippen LogP contribution in [0.15, 0.2) is 0 Å². The summed E-state index contributed by atoms with van der Waals surface area (Å²) in [6, 6.07) is 0. The lowest BCUT2D eigenvalue weighted by molar-refractivity contribution is -0.130. The lowest BCUT2D eigenvalue weighted by Gasteiger charge is -2.03. The summed E-state index contributed by atoms with van der Waals surface area (Å²) in [5, 5.41) is 8.37. The maximum Gasteiger partial charge on any atom is 0.186 e. The van der Waals surface area contributed by atoms with Gasteiger partial charge in [0.15, 0.2) is 5.78 Å². The minimum atomic E-state index is -0.384. The molecular weight excluding hydrogens is 120 g/mol. The van der Waals surface area contributed by atoms with Gasteiger partial charge in [0.25, 0.3) is 0 Å². The minimum absolute atomic E-state index is 0.187. The minimum Gasteiger partial charge on any atom is -0.388 e. The molecule has 1 fully saturated rings. The van der Waals surface area contributed by atoms with Gasteiger partial charge in [-0.25, -0.2) is 0 Å². The number of aliphatic hydroxyl groups is 1. The van der Waals surface area contributed by atoms with Crippen LogP contribution < -0.4 is 0 Å². The molecule has 1 heterocycles. The van der Waals surface area contributed by atoms with Gasteiger partial charge >= 0.3 is 0 Å². The van der Waals surface area contributed by atoms with Crippen molar-refractivity contribution >= 4 is 5.78 Å². The average molecular weight is 130 g/mol. The van der Waals surface area contributed by atoms with Gasteiger partial charge in [0.2, 0.25) is 0 Å². The molecule has 1 atom stereocenters. The van der Waals surface area contributed by atoms with Crippen LogP contribution in [0.3, 0.4) is 0 Å². The standard InChI is InChI=1S/C6H10O3/c7-4-5(8)6-2-1-3-9-6/h6-7H,1-4H2. The molecule has 1 saturated heterocycles. The van der Waals surface area contributed by atoms with Crippen LogP contribution in [-0.4, -0.2) is 30.2 Å². The Morgan fingerprint density at radius 1 is 1.78 bits per heavy atom.